The standard InChI is InChI=1S/C39H26N2O2/c1-25-11-5-6-16-30(25)28-21-22-35-33(24-28)31-17-7-8-19-34(31)41(35)36-20-10-18-32-37(36)39(43)40(38(32)42)29-15-9-14-27(23-29)26-12-3-2-4-13-26/h2-24H,1H3. The summed E-state index contributed by atoms with van der Waals surface area (Å²) < 4.78 is 2.13. The fourth-order valence-corrected chi connectivity index (χ4v) is 6.44. The molecule has 4 nitrogen and oxygen atoms in total. The molecule has 0 atom stereocenters. The maximum atomic E-state index is 14.2. The van der Waals surface area contributed by atoms with Crippen molar-refractivity contribution in [3.63, 3.8) is 0 Å². The highest BCUT2D eigenvalue weighted by Crippen LogP contribution is 2.39. The number of aryl methyl sites for hydroxylation is 1. The van der Waals surface area contributed by atoms with Crippen LogP contribution in [0.15, 0.2) is 140 Å². The van der Waals surface area contributed by atoms with Crippen LogP contribution in [0, 0.1) is 6.92 Å². The SMILES string of the molecule is Cc1ccccc1-c1ccc2c(c1)c1ccccc1n2-c1cccc2c1C(=O)N(c1cccc(-c3ccccc3)c1)C2=O. The Bertz CT molecular complexity index is 2240. The van der Waals surface area contributed by atoms with E-state index in [1.165, 1.54) is 16.0 Å². The summed E-state index contributed by atoms with van der Waals surface area (Å²) in [5.41, 5.74) is 9.58. The van der Waals surface area contributed by atoms with E-state index in [1.807, 2.05) is 78.9 Å². The molecule has 0 fully saturated rings. The Hall–Kier alpha value is -5.74. The van der Waals surface area contributed by atoms with Gasteiger partial charge in [0.1, 0.15) is 0 Å². The van der Waals surface area contributed by atoms with Gasteiger partial charge in [-0.15, -0.1) is 0 Å². The third-order valence-electron chi connectivity index (χ3n) is 8.47. The predicted molar refractivity (Wildman–Crippen MR) is 174 cm³/mol. The minimum absolute atomic E-state index is 0.310. The minimum Gasteiger partial charge on any atom is -0.308 e. The second kappa shape index (κ2) is 9.68. The second-order valence-electron chi connectivity index (χ2n) is 11.0. The topological polar surface area (TPSA) is 42.3 Å². The minimum atomic E-state index is -0.316. The maximum Gasteiger partial charge on any atom is 0.268 e. The van der Waals surface area contributed by atoms with Crippen LogP contribution in [0.5, 0.6) is 0 Å². The van der Waals surface area contributed by atoms with Crippen LogP contribution in [0.4, 0.5) is 5.69 Å². The Morgan fingerprint density at radius 1 is 0.488 bits per heavy atom. The Morgan fingerprint density at radius 3 is 2.05 bits per heavy atom. The number of imide groups is 1. The van der Waals surface area contributed by atoms with E-state index in [2.05, 4.69) is 66.1 Å². The summed E-state index contributed by atoms with van der Waals surface area (Å²) in [6.45, 7) is 2.12. The fraction of sp³-hybridized carbons (Fsp3) is 0.0256. The van der Waals surface area contributed by atoms with E-state index in [9.17, 15) is 9.59 Å². The molecular weight excluding hydrogens is 528 g/mol. The highest BCUT2D eigenvalue weighted by molar-refractivity contribution is 6.36. The Labute approximate surface area is 249 Å². The van der Waals surface area contributed by atoms with E-state index < -0.39 is 0 Å². The van der Waals surface area contributed by atoms with Gasteiger partial charge in [0.2, 0.25) is 0 Å². The lowest BCUT2D eigenvalue weighted by Crippen LogP contribution is -2.29. The number of hydrogen-bond donors (Lipinski definition) is 0. The van der Waals surface area contributed by atoms with Crippen molar-refractivity contribution in [2.45, 2.75) is 6.92 Å². The van der Waals surface area contributed by atoms with E-state index in [1.54, 1.807) is 6.07 Å². The molecule has 6 aromatic carbocycles. The van der Waals surface area contributed by atoms with Crippen LogP contribution in [0.2, 0.25) is 0 Å². The first-order valence-electron chi connectivity index (χ1n) is 14.4. The van der Waals surface area contributed by atoms with Gasteiger partial charge in [-0.25, -0.2) is 4.90 Å². The zero-order valence-electron chi connectivity index (χ0n) is 23.5. The van der Waals surface area contributed by atoms with Crippen LogP contribution in [-0.2, 0) is 0 Å². The number of para-hydroxylation sites is 1. The lowest BCUT2D eigenvalue weighted by Gasteiger charge is -2.16. The van der Waals surface area contributed by atoms with Crippen molar-refractivity contribution in [2.75, 3.05) is 4.90 Å². The van der Waals surface area contributed by atoms with Crippen molar-refractivity contribution >= 4 is 39.3 Å². The molecule has 8 rings (SSSR count). The van der Waals surface area contributed by atoms with Crippen LogP contribution >= 0.6 is 0 Å². The Kier molecular flexibility index (Phi) is 5.63. The van der Waals surface area contributed by atoms with E-state index in [0.29, 0.717) is 22.5 Å². The molecule has 0 aliphatic carbocycles. The van der Waals surface area contributed by atoms with Crippen LogP contribution < -0.4 is 4.90 Å². The lowest BCUT2D eigenvalue weighted by atomic mass is 9.99. The van der Waals surface area contributed by atoms with Crippen molar-refractivity contribution in [2.24, 2.45) is 0 Å². The maximum absolute atomic E-state index is 14.2. The van der Waals surface area contributed by atoms with Crippen LogP contribution in [0.3, 0.4) is 0 Å². The molecule has 1 aliphatic rings. The summed E-state index contributed by atoms with van der Waals surface area (Å²) in [7, 11) is 0. The molecule has 7 aromatic rings. The fourth-order valence-electron chi connectivity index (χ4n) is 6.44. The van der Waals surface area contributed by atoms with E-state index in [-0.39, 0.29) is 11.8 Å². The number of rotatable bonds is 4. The largest absolute Gasteiger partial charge is 0.308 e. The van der Waals surface area contributed by atoms with Crippen LogP contribution in [0.25, 0.3) is 49.7 Å². The number of hydrogen-bond acceptors (Lipinski definition) is 2. The molecule has 1 aliphatic heterocycles. The van der Waals surface area contributed by atoms with Crippen molar-refractivity contribution in [3.05, 3.63) is 156 Å². The van der Waals surface area contributed by atoms with Crippen molar-refractivity contribution < 1.29 is 9.59 Å². The highest BCUT2D eigenvalue weighted by Gasteiger charge is 2.39. The van der Waals surface area contributed by atoms with Crippen LogP contribution in [0.1, 0.15) is 26.3 Å². The predicted octanol–water partition coefficient (Wildman–Crippen LogP) is 9.23. The molecule has 0 radical (unpaired) electrons. The third-order valence-corrected chi connectivity index (χ3v) is 8.47. The normalized spacial score (nSPS) is 12.8. The van der Waals surface area contributed by atoms with Gasteiger partial charge in [0.25, 0.3) is 11.8 Å². The number of nitrogens with zero attached hydrogens (tertiary/aromatic N) is 2. The summed E-state index contributed by atoms with van der Waals surface area (Å²) in [6, 6.07) is 46.3. The molecule has 4 heteroatoms. The monoisotopic (exact) mass is 554 g/mol. The number of carbonyl (C=O) groups is 2. The Balaban J connectivity index is 1.30. The average Bonchev–Trinajstić information content (AvgIpc) is 3.52. The Morgan fingerprint density at radius 2 is 1.19 bits per heavy atom. The van der Waals surface area contributed by atoms with Gasteiger partial charge in [-0.3, -0.25) is 9.59 Å². The first-order valence-corrected chi connectivity index (χ1v) is 14.4. The molecule has 0 saturated carbocycles. The lowest BCUT2D eigenvalue weighted by molar-refractivity contribution is 0.0926. The number of aromatic nitrogens is 1. The molecule has 0 N–H and O–H groups in total. The van der Waals surface area contributed by atoms with E-state index >= 15 is 0 Å². The molecule has 0 spiro atoms. The van der Waals surface area contributed by atoms with Crippen molar-refractivity contribution in [3.8, 4) is 27.9 Å². The molecule has 0 saturated heterocycles. The number of carbonyl (C=O) groups excluding carboxylic acids is 2. The van der Waals surface area contributed by atoms with Gasteiger partial charge in [0.15, 0.2) is 0 Å². The smallest absolute Gasteiger partial charge is 0.268 e. The third kappa shape index (κ3) is 3.84. The van der Waals surface area contributed by atoms with Gasteiger partial charge >= 0.3 is 0 Å². The second-order valence-corrected chi connectivity index (χ2v) is 11.0. The molecular formula is C39H26N2O2. The van der Waals surface area contributed by atoms with Gasteiger partial charge in [0.05, 0.1) is 33.5 Å². The summed E-state index contributed by atoms with van der Waals surface area (Å²) in [5, 5.41) is 2.19. The van der Waals surface area contributed by atoms with Gasteiger partial charge in [-0.2, -0.15) is 0 Å². The zero-order valence-corrected chi connectivity index (χ0v) is 23.5. The molecule has 0 bridgehead atoms. The summed E-state index contributed by atoms with van der Waals surface area (Å²) in [4.78, 5) is 29.4. The first-order chi connectivity index (χ1) is 21.1. The number of amides is 2. The number of fused-ring (bicyclic) bond motifs is 4. The van der Waals surface area contributed by atoms with Gasteiger partial charge in [0, 0.05) is 10.8 Å². The molecule has 0 unspecified atom stereocenters. The van der Waals surface area contributed by atoms with Gasteiger partial charge in [-0.1, -0.05) is 97.1 Å². The number of anilines is 1. The van der Waals surface area contributed by atoms with Gasteiger partial charge < -0.3 is 4.57 Å². The molecule has 2 amide bonds. The average molecular weight is 555 g/mol. The summed E-state index contributed by atoms with van der Waals surface area (Å²) >= 11 is 0. The number of benzene rings is 6. The van der Waals surface area contributed by atoms with E-state index in [4.69, 9.17) is 0 Å². The van der Waals surface area contributed by atoms with Crippen LogP contribution in [-0.4, -0.2) is 16.4 Å². The first kappa shape index (κ1) is 25.0. The van der Waals surface area contributed by atoms with E-state index in [0.717, 1.165) is 38.5 Å². The summed E-state index contributed by atoms with van der Waals surface area (Å²) in [5.74, 6) is -0.627. The van der Waals surface area contributed by atoms with Crippen molar-refractivity contribution in [1.82, 2.24) is 4.57 Å². The molecule has 204 valence electrons. The molecule has 43 heavy (non-hydrogen) atoms. The molecule has 2 heterocycles. The molecule has 1 aromatic heterocycles. The zero-order chi connectivity index (χ0) is 29.1. The van der Waals surface area contributed by atoms with Crippen molar-refractivity contribution in [1.29, 1.82) is 0 Å². The quantitative estimate of drug-likeness (QED) is 0.204. The van der Waals surface area contributed by atoms with Gasteiger partial charge in [-0.05, 0) is 77.2 Å². The summed E-state index contributed by atoms with van der Waals surface area (Å²) in [6.07, 6.45) is 0. The highest BCUT2D eigenvalue weighted by atomic mass is 16.2.